The van der Waals surface area contributed by atoms with Gasteiger partial charge in [-0.1, -0.05) is 59.4 Å². The first-order valence-electron chi connectivity index (χ1n) is 8.29. The summed E-state index contributed by atoms with van der Waals surface area (Å²) in [6, 6.07) is 6.97. The van der Waals surface area contributed by atoms with E-state index in [2.05, 4.69) is 8.91 Å². The van der Waals surface area contributed by atoms with Gasteiger partial charge in [0.15, 0.2) is 0 Å². The molecule has 1 saturated heterocycles. The summed E-state index contributed by atoms with van der Waals surface area (Å²) in [5.74, 6) is 0. The van der Waals surface area contributed by atoms with Crippen LogP contribution in [0.5, 0.6) is 0 Å². The topological polar surface area (TPSA) is 102 Å². The number of alkyl halides is 3. The third-order valence-electron chi connectivity index (χ3n) is 4.04. The van der Waals surface area contributed by atoms with E-state index in [1.54, 1.807) is 18.2 Å². The molecule has 1 aliphatic rings. The first-order chi connectivity index (χ1) is 13.0. The number of nitrogens with zero attached hydrogens (tertiary/aromatic N) is 1. The molecule has 28 heavy (non-hydrogen) atoms. The van der Waals surface area contributed by atoms with E-state index >= 15 is 0 Å². The minimum atomic E-state index is -4.31. The fourth-order valence-corrected chi connectivity index (χ4v) is 5.86. The summed E-state index contributed by atoms with van der Waals surface area (Å²) < 4.78 is 62.2. The van der Waals surface area contributed by atoms with Crippen LogP contribution in [0.2, 0.25) is 0 Å². The molecule has 0 unspecified atom stereocenters. The number of hydrogen-bond donors (Lipinski definition) is 1. The molecular formula is C15H21Cl3N2O6S2. The molecule has 1 aliphatic heterocycles. The van der Waals surface area contributed by atoms with Crippen LogP contribution in [0.3, 0.4) is 0 Å². The van der Waals surface area contributed by atoms with Gasteiger partial charge < -0.3 is 4.74 Å². The minimum absolute atomic E-state index is 0.0908. The van der Waals surface area contributed by atoms with Gasteiger partial charge in [-0.3, -0.25) is 4.18 Å². The molecule has 1 fully saturated rings. The molecule has 0 radical (unpaired) electrons. The van der Waals surface area contributed by atoms with E-state index in [9.17, 15) is 16.8 Å². The van der Waals surface area contributed by atoms with Crippen LogP contribution in [0.25, 0.3) is 0 Å². The molecule has 0 spiro atoms. The Bertz CT molecular complexity index is 846. The number of nitrogens with one attached hydrogen (secondary N) is 1. The monoisotopic (exact) mass is 494 g/mol. The van der Waals surface area contributed by atoms with E-state index in [4.69, 9.17) is 39.5 Å². The van der Waals surface area contributed by atoms with E-state index < -0.39 is 43.0 Å². The van der Waals surface area contributed by atoms with Crippen LogP contribution in [0.1, 0.15) is 19.3 Å². The molecule has 13 heteroatoms. The molecule has 8 nitrogen and oxygen atoms in total. The molecule has 0 saturated carbocycles. The summed E-state index contributed by atoms with van der Waals surface area (Å²) >= 11 is 16.5. The van der Waals surface area contributed by atoms with Crippen molar-refractivity contribution in [1.29, 1.82) is 0 Å². The standard InChI is InChI=1S/C15H21Cl3N2O6S2/c1-25-14-13(19-28(23,24)26-11-15(16,17)18)9-5-6-10-20(14)27(21,22)12-7-3-2-4-8-12/h2-4,7-8,13-14,19H,5-6,9-11H2,1H3/t13-,14+/m1/s1. The highest BCUT2D eigenvalue weighted by Crippen LogP contribution is 2.28. The highest BCUT2D eigenvalue weighted by molar-refractivity contribution is 7.89. The third kappa shape index (κ3) is 6.68. The van der Waals surface area contributed by atoms with Crippen LogP contribution in [-0.4, -0.2) is 57.5 Å². The van der Waals surface area contributed by atoms with Gasteiger partial charge >= 0.3 is 10.3 Å². The lowest BCUT2D eigenvalue weighted by Crippen LogP contribution is -2.53. The highest BCUT2D eigenvalue weighted by Gasteiger charge is 2.40. The maximum absolute atomic E-state index is 13.1. The predicted octanol–water partition coefficient (Wildman–Crippen LogP) is 2.42. The minimum Gasteiger partial charge on any atom is -0.364 e. The van der Waals surface area contributed by atoms with Crippen LogP contribution < -0.4 is 4.72 Å². The number of halogens is 3. The van der Waals surface area contributed by atoms with Crippen molar-refractivity contribution in [3.8, 4) is 0 Å². The van der Waals surface area contributed by atoms with Crippen LogP contribution in [0, 0.1) is 0 Å². The molecule has 160 valence electrons. The smallest absolute Gasteiger partial charge is 0.336 e. The maximum atomic E-state index is 13.1. The summed E-state index contributed by atoms with van der Waals surface area (Å²) in [5, 5.41) is 0. The number of rotatable bonds is 7. The van der Waals surface area contributed by atoms with Crippen LogP contribution in [-0.2, 0) is 29.2 Å². The third-order valence-corrected chi connectivity index (χ3v) is 7.26. The summed E-state index contributed by atoms with van der Waals surface area (Å²) in [4.78, 5) is 0.0908. The molecular weight excluding hydrogens is 475 g/mol. The van der Waals surface area contributed by atoms with Crippen molar-refractivity contribution in [1.82, 2.24) is 9.03 Å². The Hall–Kier alpha value is -0.170. The zero-order chi connectivity index (χ0) is 21.0. The zero-order valence-corrected chi connectivity index (χ0v) is 18.8. The number of sulfonamides is 1. The van der Waals surface area contributed by atoms with E-state index in [-0.39, 0.29) is 11.4 Å². The second kappa shape index (κ2) is 9.76. The predicted molar refractivity (Wildman–Crippen MR) is 107 cm³/mol. The second-order valence-electron chi connectivity index (χ2n) is 6.11. The van der Waals surface area contributed by atoms with Gasteiger partial charge in [0.05, 0.1) is 10.9 Å². The molecule has 1 N–H and O–H groups in total. The number of ether oxygens (including phenoxy) is 1. The lowest BCUT2D eigenvalue weighted by Gasteiger charge is -2.33. The van der Waals surface area contributed by atoms with Crippen molar-refractivity contribution in [3.05, 3.63) is 30.3 Å². The van der Waals surface area contributed by atoms with Crippen LogP contribution in [0.4, 0.5) is 0 Å². The van der Waals surface area contributed by atoms with E-state index in [0.717, 1.165) is 4.31 Å². The molecule has 2 rings (SSSR count). The summed E-state index contributed by atoms with van der Waals surface area (Å²) in [6.07, 6.45) is 0.395. The number of hydrogen-bond acceptors (Lipinski definition) is 6. The average Bonchev–Trinajstić information content (AvgIpc) is 2.82. The van der Waals surface area contributed by atoms with E-state index in [1.165, 1.54) is 19.2 Å². The molecule has 1 aromatic rings. The fraction of sp³-hybridized carbons (Fsp3) is 0.600. The molecule has 0 bridgehead atoms. The Morgan fingerprint density at radius 1 is 1.14 bits per heavy atom. The molecule has 1 heterocycles. The van der Waals surface area contributed by atoms with Gasteiger partial charge in [0.25, 0.3) is 0 Å². The molecule has 0 aromatic heterocycles. The van der Waals surface area contributed by atoms with Gasteiger partial charge in [-0.05, 0) is 25.0 Å². The second-order valence-corrected chi connectivity index (χ2v) is 11.9. The van der Waals surface area contributed by atoms with Crippen LogP contribution >= 0.6 is 34.8 Å². The Morgan fingerprint density at radius 3 is 2.36 bits per heavy atom. The van der Waals surface area contributed by atoms with E-state index in [0.29, 0.717) is 19.3 Å². The fourth-order valence-electron chi connectivity index (χ4n) is 2.85. The Morgan fingerprint density at radius 2 is 1.79 bits per heavy atom. The molecule has 2 atom stereocenters. The number of methoxy groups -OCH3 is 1. The van der Waals surface area contributed by atoms with Crippen molar-refractivity contribution < 1.29 is 25.8 Å². The molecule has 1 aromatic carbocycles. The first-order valence-corrected chi connectivity index (χ1v) is 12.3. The van der Waals surface area contributed by atoms with Gasteiger partial charge in [0, 0.05) is 13.7 Å². The Labute approximate surface area is 180 Å². The number of benzene rings is 1. The quantitative estimate of drug-likeness (QED) is 0.583. The van der Waals surface area contributed by atoms with Crippen molar-refractivity contribution in [2.75, 3.05) is 20.3 Å². The lowest BCUT2D eigenvalue weighted by atomic mass is 10.1. The SMILES string of the molecule is CO[C@H]1[C@H](NS(=O)(=O)OCC(Cl)(Cl)Cl)CCCCN1S(=O)(=O)c1ccccc1. The lowest BCUT2D eigenvalue weighted by molar-refractivity contribution is -0.00289. The zero-order valence-electron chi connectivity index (χ0n) is 14.9. The van der Waals surface area contributed by atoms with Crippen molar-refractivity contribution in [2.24, 2.45) is 0 Å². The van der Waals surface area contributed by atoms with Crippen molar-refractivity contribution in [3.63, 3.8) is 0 Å². The van der Waals surface area contributed by atoms with Gasteiger partial charge in [0.1, 0.15) is 12.8 Å². The normalized spacial score (nSPS) is 22.7. The van der Waals surface area contributed by atoms with Gasteiger partial charge in [-0.15, -0.1) is 0 Å². The Balaban J connectivity index is 2.26. The van der Waals surface area contributed by atoms with E-state index in [1.807, 2.05) is 0 Å². The van der Waals surface area contributed by atoms with Crippen molar-refractivity contribution in [2.45, 2.75) is 40.2 Å². The summed E-state index contributed by atoms with van der Waals surface area (Å²) in [7, 11) is -6.90. The first kappa shape index (κ1) is 24.1. The largest absolute Gasteiger partial charge is 0.364 e. The van der Waals surface area contributed by atoms with Gasteiger partial charge in [-0.25, -0.2) is 8.42 Å². The summed E-state index contributed by atoms with van der Waals surface area (Å²) in [6.45, 7) is -0.508. The van der Waals surface area contributed by atoms with Crippen LogP contribution in [0.15, 0.2) is 35.2 Å². The van der Waals surface area contributed by atoms with Gasteiger partial charge in [0.2, 0.25) is 13.8 Å². The van der Waals surface area contributed by atoms with Crippen molar-refractivity contribution >= 4 is 55.1 Å². The average molecular weight is 496 g/mol. The Kier molecular flexibility index (Phi) is 8.40. The molecule has 0 amide bonds. The molecule has 0 aliphatic carbocycles. The van der Waals surface area contributed by atoms with Gasteiger partial charge in [-0.2, -0.15) is 17.4 Å². The maximum Gasteiger partial charge on any atom is 0.336 e. The highest BCUT2D eigenvalue weighted by atomic mass is 35.6. The summed E-state index contributed by atoms with van der Waals surface area (Å²) in [5.41, 5.74) is 0.